The zero-order valence-corrected chi connectivity index (χ0v) is 18.2. The molecular weight excluding hydrogens is 384 g/mol. The van der Waals surface area contributed by atoms with E-state index in [1.807, 2.05) is 48.2 Å². The third-order valence-electron chi connectivity index (χ3n) is 5.64. The number of carboxylic acids is 1. The van der Waals surface area contributed by atoms with Crippen molar-refractivity contribution in [3.63, 3.8) is 0 Å². The highest BCUT2D eigenvalue weighted by Gasteiger charge is 2.37. The van der Waals surface area contributed by atoms with E-state index in [-0.39, 0.29) is 6.04 Å². The van der Waals surface area contributed by atoms with Crippen LogP contribution in [0.1, 0.15) is 30.0 Å². The molecule has 0 bridgehead atoms. The van der Waals surface area contributed by atoms with Gasteiger partial charge in [-0.25, -0.2) is 0 Å². The lowest BCUT2D eigenvalue weighted by atomic mass is 9.95. The zero-order chi connectivity index (χ0) is 21.8. The van der Waals surface area contributed by atoms with Crippen LogP contribution < -0.4 is 19.1 Å². The highest BCUT2D eigenvalue weighted by atomic mass is 16.5. The number of anilines is 1. The van der Waals surface area contributed by atoms with E-state index in [1.165, 1.54) is 0 Å². The molecule has 3 rings (SSSR count). The van der Waals surface area contributed by atoms with Gasteiger partial charge in [-0.05, 0) is 48.2 Å². The number of likely N-dealkylation sites (tertiary alicyclic amines) is 1. The molecule has 7 nitrogen and oxygen atoms in total. The van der Waals surface area contributed by atoms with Gasteiger partial charge in [0.15, 0.2) is 11.5 Å². The molecule has 7 heteroatoms. The maximum absolute atomic E-state index is 12.0. The summed E-state index contributed by atoms with van der Waals surface area (Å²) >= 11 is 0. The molecule has 0 spiro atoms. The summed E-state index contributed by atoms with van der Waals surface area (Å²) in [5, 5.41) is 9.81. The van der Waals surface area contributed by atoms with Gasteiger partial charge in [0.1, 0.15) is 6.04 Å². The van der Waals surface area contributed by atoms with Gasteiger partial charge in [0.2, 0.25) is 5.75 Å². The number of methoxy groups -OCH3 is 3. The largest absolute Gasteiger partial charge is 0.493 e. The normalized spacial score (nSPS) is 17.4. The molecule has 2 aromatic rings. The minimum Gasteiger partial charge on any atom is -0.493 e. The lowest BCUT2D eigenvalue weighted by molar-refractivity contribution is -0.142. The van der Waals surface area contributed by atoms with E-state index in [0.29, 0.717) is 30.2 Å². The molecule has 1 heterocycles. The molecule has 162 valence electrons. The maximum Gasteiger partial charge on any atom is 0.320 e. The number of benzene rings is 2. The molecule has 1 aliphatic heterocycles. The second kappa shape index (κ2) is 9.26. The number of carbonyl (C=O) groups is 1. The smallest absolute Gasteiger partial charge is 0.320 e. The monoisotopic (exact) mass is 414 g/mol. The van der Waals surface area contributed by atoms with Crippen molar-refractivity contribution in [3.8, 4) is 17.2 Å². The maximum atomic E-state index is 12.0. The van der Waals surface area contributed by atoms with Crippen molar-refractivity contribution in [3.05, 3.63) is 47.5 Å². The molecule has 0 amide bonds. The van der Waals surface area contributed by atoms with Crippen LogP contribution in [0.3, 0.4) is 0 Å². The van der Waals surface area contributed by atoms with Crippen LogP contribution in [0.2, 0.25) is 0 Å². The number of hydrogen-bond donors (Lipinski definition) is 1. The zero-order valence-electron chi connectivity index (χ0n) is 18.2. The van der Waals surface area contributed by atoms with Gasteiger partial charge >= 0.3 is 5.97 Å². The van der Waals surface area contributed by atoms with Crippen molar-refractivity contribution in [2.45, 2.75) is 24.9 Å². The molecule has 1 saturated heterocycles. The quantitative estimate of drug-likeness (QED) is 0.710. The predicted octanol–water partition coefficient (Wildman–Crippen LogP) is 3.42. The van der Waals surface area contributed by atoms with Crippen LogP contribution in [0.4, 0.5) is 5.69 Å². The van der Waals surface area contributed by atoms with E-state index in [0.717, 1.165) is 23.2 Å². The number of rotatable bonds is 8. The van der Waals surface area contributed by atoms with Crippen LogP contribution in [0.25, 0.3) is 0 Å². The summed E-state index contributed by atoms with van der Waals surface area (Å²) in [4.78, 5) is 16.0. The van der Waals surface area contributed by atoms with Crippen molar-refractivity contribution in [2.75, 3.05) is 46.9 Å². The Morgan fingerprint density at radius 2 is 1.63 bits per heavy atom. The van der Waals surface area contributed by atoms with Crippen molar-refractivity contribution in [2.24, 2.45) is 0 Å². The number of ether oxygens (including phenoxy) is 3. The number of carboxylic acid groups (broad SMARTS) is 1. The Morgan fingerprint density at radius 1 is 1.03 bits per heavy atom. The summed E-state index contributed by atoms with van der Waals surface area (Å²) in [7, 11) is 8.72. The highest BCUT2D eigenvalue weighted by Crippen LogP contribution is 2.43. The van der Waals surface area contributed by atoms with Gasteiger partial charge < -0.3 is 24.2 Å². The lowest BCUT2D eigenvalue weighted by Crippen LogP contribution is -2.39. The minimum atomic E-state index is -0.796. The Hall–Kier alpha value is -2.93. The summed E-state index contributed by atoms with van der Waals surface area (Å²) in [6.07, 6.45) is 1.47. The Morgan fingerprint density at radius 3 is 2.10 bits per heavy atom. The van der Waals surface area contributed by atoms with Crippen molar-refractivity contribution in [1.82, 2.24) is 4.90 Å². The van der Waals surface area contributed by atoms with Crippen molar-refractivity contribution >= 4 is 11.7 Å². The molecule has 0 radical (unpaired) electrons. The third-order valence-corrected chi connectivity index (χ3v) is 5.64. The fourth-order valence-electron chi connectivity index (χ4n) is 4.15. The van der Waals surface area contributed by atoms with Gasteiger partial charge in [-0.1, -0.05) is 12.1 Å². The predicted molar refractivity (Wildman–Crippen MR) is 116 cm³/mol. The van der Waals surface area contributed by atoms with Gasteiger partial charge in [0.25, 0.3) is 0 Å². The summed E-state index contributed by atoms with van der Waals surface area (Å²) in [6.45, 7) is 0.702. The molecule has 2 unspecified atom stereocenters. The SMILES string of the molecule is COc1cc(C(c2ccc(N(C)C)cc2)N2CCCC2C(=O)O)cc(OC)c1OC. The van der Waals surface area contributed by atoms with E-state index in [4.69, 9.17) is 14.2 Å². The van der Waals surface area contributed by atoms with Gasteiger partial charge in [0.05, 0.1) is 27.4 Å². The highest BCUT2D eigenvalue weighted by molar-refractivity contribution is 5.74. The first-order chi connectivity index (χ1) is 14.4. The van der Waals surface area contributed by atoms with E-state index < -0.39 is 12.0 Å². The third kappa shape index (κ3) is 4.16. The average molecular weight is 415 g/mol. The molecule has 2 aromatic carbocycles. The van der Waals surface area contributed by atoms with Crippen molar-refractivity contribution < 1.29 is 24.1 Å². The van der Waals surface area contributed by atoms with Crippen LogP contribution in [0, 0.1) is 0 Å². The molecule has 0 aliphatic carbocycles. The van der Waals surface area contributed by atoms with Crippen LogP contribution in [0.5, 0.6) is 17.2 Å². The second-order valence-electron chi connectivity index (χ2n) is 7.58. The number of aliphatic carboxylic acids is 1. The Labute approximate surface area is 177 Å². The van der Waals surface area contributed by atoms with Gasteiger partial charge in [-0.3, -0.25) is 9.69 Å². The first-order valence-electron chi connectivity index (χ1n) is 9.97. The van der Waals surface area contributed by atoms with Crippen LogP contribution in [0.15, 0.2) is 36.4 Å². The molecule has 1 N–H and O–H groups in total. The molecule has 2 atom stereocenters. The van der Waals surface area contributed by atoms with Gasteiger partial charge in [-0.15, -0.1) is 0 Å². The molecule has 1 fully saturated rings. The standard InChI is InChI=1S/C23H30N2O5/c1-24(2)17-10-8-15(9-11-17)21(25-12-6-7-18(25)23(26)27)16-13-19(28-3)22(30-5)20(14-16)29-4/h8-11,13-14,18,21H,6-7,12H2,1-5H3,(H,26,27). The summed E-state index contributed by atoms with van der Waals surface area (Å²) in [6, 6.07) is 11.2. The van der Waals surface area contributed by atoms with E-state index in [2.05, 4.69) is 12.1 Å². The Bertz CT molecular complexity index is 857. The lowest BCUT2D eigenvalue weighted by Gasteiger charge is -2.33. The number of hydrogen-bond acceptors (Lipinski definition) is 6. The molecule has 30 heavy (non-hydrogen) atoms. The fourth-order valence-corrected chi connectivity index (χ4v) is 4.15. The van der Waals surface area contributed by atoms with E-state index >= 15 is 0 Å². The molecule has 0 aromatic heterocycles. The summed E-state index contributed by atoms with van der Waals surface area (Å²) in [5.74, 6) is 0.817. The minimum absolute atomic E-state index is 0.251. The van der Waals surface area contributed by atoms with Crippen molar-refractivity contribution in [1.29, 1.82) is 0 Å². The van der Waals surface area contributed by atoms with Gasteiger partial charge in [-0.2, -0.15) is 0 Å². The summed E-state index contributed by atoms with van der Waals surface area (Å²) in [5.41, 5.74) is 3.00. The molecule has 1 aliphatic rings. The first kappa shape index (κ1) is 21.8. The van der Waals surface area contributed by atoms with Crippen LogP contribution in [-0.4, -0.2) is 64.0 Å². The molecular formula is C23H30N2O5. The summed E-state index contributed by atoms with van der Waals surface area (Å²) < 4.78 is 16.6. The number of nitrogens with zero attached hydrogens (tertiary/aromatic N) is 2. The Balaban J connectivity index is 2.15. The Kier molecular flexibility index (Phi) is 6.72. The van der Waals surface area contributed by atoms with Crippen LogP contribution in [-0.2, 0) is 4.79 Å². The van der Waals surface area contributed by atoms with Gasteiger partial charge in [0, 0.05) is 26.3 Å². The second-order valence-corrected chi connectivity index (χ2v) is 7.58. The first-order valence-corrected chi connectivity index (χ1v) is 9.97. The topological polar surface area (TPSA) is 71.5 Å². The van der Waals surface area contributed by atoms with E-state index in [1.54, 1.807) is 21.3 Å². The molecule has 0 saturated carbocycles. The van der Waals surface area contributed by atoms with E-state index in [9.17, 15) is 9.90 Å². The average Bonchev–Trinajstić information content (AvgIpc) is 3.23. The van der Waals surface area contributed by atoms with Crippen LogP contribution >= 0.6 is 0 Å². The fraction of sp³-hybridized carbons (Fsp3) is 0.435.